The lowest BCUT2D eigenvalue weighted by molar-refractivity contribution is 0.509. The second kappa shape index (κ2) is 4.74. The number of nitrogens with one attached hydrogen (secondary N) is 1. The molecule has 1 fully saturated rings. The third kappa shape index (κ3) is 2.15. The number of nitrogens with zero attached hydrogens (tertiary/aromatic N) is 1. The molecule has 0 spiro atoms. The fourth-order valence-corrected chi connectivity index (χ4v) is 3.09. The zero-order chi connectivity index (χ0) is 12.5. The van der Waals surface area contributed by atoms with Gasteiger partial charge < -0.3 is 5.32 Å². The standard InChI is InChI=1S/C13H12F2N2S/c14-10-2-1-8(5-11(10)15)12-7-18-13(17-12)9-3-4-16-6-9/h1-2,5,7,9,16H,3-4,6H2. The number of rotatable bonds is 2. The summed E-state index contributed by atoms with van der Waals surface area (Å²) in [5.74, 6) is -1.20. The molecule has 2 heterocycles. The van der Waals surface area contributed by atoms with Crippen LogP contribution in [0.3, 0.4) is 0 Å². The van der Waals surface area contributed by atoms with Crippen LogP contribution in [0.2, 0.25) is 0 Å². The molecular formula is C13H12F2N2S. The first-order valence-corrected chi connectivity index (χ1v) is 6.73. The highest BCUT2D eigenvalue weighted by Crippen LogP contribution is 2.30. The van der Waals surface area contributed by atoms with E-state index in [9.17, 15) is 8.78 Å². The molecule has 1 atom stereocenters. The molecule has 5 heteroatoms. The molecular weight excluding hydrogens is 254 g/mol. The van der Waals surface area contributed by atoms with Crippen molar-refractivity contribution >= 4 is 11.3 Å². The summed E-state index contributed by atoms with van der Waals surface area (Å²) in [6.45, 7) is 1.97. The minimum absolute atomic E-state index is 0.453. The molecule has 1 N–H and O–H groups in total. The van der Waals surface area contributed by atoms with Crippen molar-refractivity contribution in [2.24, 2.45) is 0 Å². The van der Waals surface area contributed by atoms with Crippen LogP contribution in [0.1, 0.15) is 17.3 Å². The van der Waals surface area contributed by atoms with E-state index in [0.29, 0.717) is 11.5 Å². The lowest BCUT2D eigenvalue weighted by Gasteiger charge is -2.02. The molecule has 1 aliphatic heterocycles. The highest BCUT2D eigenvalue weighted by atomic mass is 32.1. The zero-order valence-corrected chi connectivity index (χ0v) is 10.4. The van der Waals surface area contributed by atoms with Gasteiger partial charge in [0.05, 0.1) is 10.7 Å². The van der Waals surface area contributed by atoms with Gasteiger partial charge in [0.25, 0.3) is 0 Å². The van der Waals surface area contributed by atoms with Crippen molar-refractivity contribution in [1.29, 1.82) is 0 Å². The molecule has 1 aliphatic rings. The van der Waals surface area contributed by atoms with Gasteiger partial charge >= 0.3 is 0 Å². The maximum absolute atomic E-state index is 13.2. The van der Waals surface area contributed by atoms with Crippen molar-refractivity contribution in [2.45, 2.75) is 12.3 Å². The molecule has 18 heavy (non-hydrogen) atoms. The van der Waals surface area contributed by atoms with Crippen LogP contribution in [0.5, 0.6) is 0 Å². The Kier molecular flexibility index (Phi) is 3.09. The van der Waals surface area contributed by atoms with Gasteiger partial charge in [0, 0.05) is 23.4 Å². The first-order chi connectivity index (χ1) is 8.74. The highest BCUT2D eigenvalue weighted by molar-refractivity contribution is 7.10. The molecule has 1 aromatic carbocycles. The Morgan fingerprint density at radius 2 is 2.17 bits per heavy atom. The number of hydrogen-bond acceptors (Lipinski definition) is 3. The van der Waals surface area contributed by atoms with Crippen molar-refractivity contribution in [3.63, 3.8) is 0 Å². The topological polar surface area (TPSA) is 24.9 Å². The van der Waals surface area contributed by atoms with Gasteiger partial charge in [-0.1, -0.05) is 0 Å². The van der Waals surface area contributed by atoms with E-state index in [4.69, 9.17) is 0 Å². The maximum atomic E-state index is 13.2. The minimum Gasteiger partial charge on any atom is -0.316 e. The lowest BCUT2D eigenvalue weighted by atomic mass is 10.1. The molecule has 2 aromatic rings. The summed E-state index contributed by atoms with van der Waals surface area (Å²) < 4.78 is 26.0. The van der Waals surface area contributed by atoms with Crippen molar-refractivity contribution in [1.82, 2.24) is 10.3 Å². The third-order valence-corrected chi connectivity index (χ3v) is 4.15. The first-order valence-electron chi connectivity index (χ1n) is 5.85. The molecule has 1 saturated heterocycles. The van der Waals surface area contributed by atoms with E-state index in [1.807, 2.05) is 5.38 Å². The van der Waals surface area contributed by atoms with E-state index in [1.165, 1.54) is 6.07 Å². The number of thiazole rings is 1. The summed E-state index contributed by atoms with van der Waals surface area (Å²) in [5.41, 5.74) is 1.35. The zero-order valence-electron chi connectivity index (χ0n) is 9.62. The Bertz CT molecular complexity index is 562. The van der Waals surface area contributed by atoms with E-state index in [1.54, 1.807) is 17.4 Å². The number of halogens is 2. The van der Waals surface area contributed by atoms with Gasteiger partial charge in [-0.3, -0.25) is 0 Å². The Morgan fingerprint density at radius 1 is 1.28 bits per heavy atom. The van der Waals surface area contributed by atoms with Crippen molar-refractivity contribution in [3.05, 3.63) is 40.2 Å². The van der Waals surface area contributed by atoms with Crippen LogP contribution < -0.4 is 5.32 Å². The molecule has 0 amide bonds. The summed E-state index contributed by atoms with van der Waals surface area (Å²) in [5, 5.41) is 6.27. The van der Waals surface area contributed by atoms with Crippen LogP contribution in [0.25, 0.3) is 11.3 Å². The van der Waals surface area contributed by atoms with Gasteiger partial charge in [0.2, 0.25) is 0 Å². The summed E-state index contributed by atoms with van der Waals surface area (Å²) in [6, 6.07) is 3.89. The van der Waals surface area contributed by atoms with Gasteiger partial charge in [-0.15, -0.1) is 11.3 Å². The minimum atomic E-state index is -0.829. The van der Waals surface area contributed by atoms with Crippen LogP contribution >= 0.6 is 11.3 Å². The van der Waals surface area contributed by atoms with E-state index >= 15 is 0 Å². The van der Waals surface area contributed by atoms with Crippen molar-refractivity contribution in [2.75, 3.05) is 13.1 Å². The SMILES string of the molecule is Fc1ccc(-c2csc(C3CCNC3)n2)cc1F. The van der Waals surface area contributed by atoms with Crippen molar-refractivity contribution < 1.29 is 8.78 Å². The number of aromatic nitrogens is 1. The first kappa shape index (κ1) is 11.7. The second-order valence-electron chi connectivity index (χ2n) is 4.39. The summed E-state index contributed by atoms with van der Waals surface area (Å²) >= 11 is 1.58. The van der Waals surface area contributed by atoms with Crippen LogP contribution in [0, 0.1) is 11.6 Å². The monoisotopic (exact) mass is 266 g/mol. The third-order valence-electron chi connectivity index (χ3n) is 3.15. The Labute approximate surface area is 108 Å². The largest absolute Gasteiger partial charge is 0.316 e. The fraction of sp³-hybridized carbons (Fsp3) is 0.308. The van der Waals surface area contributed by atoms with Gasteiger partial charge in [-0.05, 0) is 31.2 Å². The van der Waals surface area contributed by atoms with Gasteiger partial charge in [-0.2, -0.15) is 0 Å². The van der Waals surface area contributed by atoms with Crippen LogP contribution in [-0.2, 0) is 0 Å². The Balaban J connectivity index is 1.89. The summed E-state index contributed by atoms with van der Waals surface area (Å²) in [6.07, 6.45) is 1.09. The number of hydrogen-bond donors (Lipinski definition) is 1. The molecule has 0 radical (unpaired) electrons. The number of benzene rings is 1. The van der Waals surface area contributed by atoms with Crippen LogP contribution in [0.15, 0.2) is 23.6 Å². The predicted octanol–water partition coefficient (Wildman–Crippen LogP) is 3.17. The molecule has 3 rings (SSSR count). The normalized spacial score (nSPS) is 19.3. The molecule has 1 aromatic heterocycles. The molecule has 0 aliphatic carbocycles. The average Bonchev–Trinajstić information content (AvgIpc) is 3.01. The van der Waals surface area contributed by atoms with E-state index in [0.717, 1.165) is 36.3 Å². The molecule has 1 unspecified atom stereocenters. The average molecular weight is 266 g/mol. The summed E-state index contributed by atoms with van der Waals surface area (Å²) in [7, 11) is 0. The highest BCUT2D eigenvalue weighted by Gasteiger charge is 2.20. The van der Waals surface area contributed by atoms with Gasteiger partial charge in [-0.25, -0.2) is 13.8 Å². The van der Waals surface area contributed by atoms with Crippen LogP contribution in [0.4, 0.5) is 8.78 Å². The molecule has 2 nitrogen and oxygen atoms in total. The van der Waals surface area contributed by atoms with Gasteiger partial charge in [0.15, 0.2) is 11.6 Å². The van der Waals surface area contributed by atoms with E-state index in [2.05, 4.69) is 10.3 Å². The Morgan fingerprint density at radius 3 is 2.89 bits per heavy atom. The Hall–Kier alpha value is -1.33. The predicted molar refractivity (Wildman–Crippen MR) is 67.7 cm³/mol. The molecule has 0 saturated carbocycles. The van der Waals surface area contributed by atoms with E-state index in [-0.39, 0.29) is 0 Å². The molecule has 94 valence electrons. The fourth-order valence-electron chi connectivity index (χ4n) is 2.13. The van der Waals surface area contributed by atoms with Crippen molar-refractivity contribution in [3.8, 4) is 11.3 Å². The maximum Gasteiger partial charge on any atom is 0.159 e. The molecule has 0 bridgehead atoms. The van der Waals surface area contributed by atoms with E-state index < -0.39 is 11.6 Å². The second-order valence-corrected chi connectivity index (χ2v) is 5.28. The quantitative estimate of drug-likeness (QED) is 0.903. The van der Waals surface area contributed by atoms with Crippen LogP contribution in [-0.4, -0.2) is 18.1 Å². The van der Waals surface area contributed by atoms with Gasteiger partial charge in [0.1, 0.15) is 0 Å². The lowest BCUT2D eigenvalue weighted by Crippen LogP contribution is -2.07. The smallest absolute Gasteiger partial charge is 0.159 e. The summed E-state index contributed by atoms with van der Waals surface area (Å²) in [4.78, 5) is 4.52.